The van der Waals surface area contributed by atoms with Gasteiger partial charge in [-0.05, 0) is 70.4 Å². The summed E-state index contributed by atoms with van der Waals surface area (Å²) in [4.78, 5) is 0. The normalized spacial score (nSPS) is 14.6. The van der Waals surface area contributed by atoms with Crippen molar-refractivity contribution in [3.05, 3.63) is 62.7 Å². The molecule has 1 heterocycles. The quantitative estimate of drug-likeness (QED) is 0.772. The molecule has 0 saturated carbocycles. The topological polar surface area (TPSA) is 21.3 Å². The largest absolute Gasteiger partial charge is 0.493 e. The standard InChI is InChI=1S/C18H20INO/c1-2-20-17(11-13-3-6-16(19)7-4-13)14-5-8-18-15(12-14)9-10-21-18/h3-8,12,17,20H,2,9-11H2,1H3. The summed E-state index contributed by atoms with van der Waals surface area (Å²) in [5.74, 6) is 1.06. The lowest BCUT2D eigenvalue weighted by Gasteiger charge is -2.19. The second-order valence-electron chi connectivity index (χ2n) is 5.41. The maximum absolute atomic E-state index is 5.60. The highest BCUT2D eigenvalue weighted by Crippen LogP contribution is 2.29. The lowest BCUT2D eigenvalue weighted by Crippen LogP contribution is -2.23. The van der Waals surface area contributed by atoms with Crippen molar-refractivity contribution in [2.45, 2.75) is 25.8 Å². The van der Waals surface area contributed by atoms with E-state index in [9.17, 15) is 0 Å². The fourth-order valence-corrected chi connectivity index (χ4v) is 3.19. The molecule has 0 fully saturated rings. The smallest absolute Gasteiger partial charge is 0.122 e. The first-order valence-electron chi connectivity index (χ1n) is 7.49. The molecular formula is C18H20INO. The molecule has 0 aliphatic carbocycles. The van der Waals surface area contributed by atoms with Crippen LogP contribution in [0.25, 0.3) is 0 Å². The highest BCUT2D eigenvalue weighted by atomic mass is 127. The van der Waals surface area contributed by atoms with Crippen molar-refractivity contribution in [3.63, 3.8) is 0 Å². The highest BCUT2D eigenvalue weighted by molar-refractivity contribution is 14.1. The molecule has 2 nitrogen and oxygen atoms in total. The summed E-state index contributed by atoms with van der Waals surface area (Å²) in [6.45, 7) is 3.96. The molecule has 0 radical (unpaired) electrons. The van der Waals surface area contributed by atoms with Gasteiger partial charge < -0.3 is 10.1 Å². The van der Waals surface area contributed by atoms with Gasteiger partial charge in [0.1, 0.15) is 5.75 Å². The molecule has 0 spiro atoms. The van der Waals surface area contributed by atoms with E-state index in [1.54, 1.807) is 0 Å². The van der Waals surface area contributed by atoms with Crippen molar-refractivity contribution in [3.8, 4) is 5.75 Å². The van der Waals surface area contributed by atoms with E-state index in [2.05, 4.69) is 77.3 Å². The average Bonchev–Trinajstić information content (AvgIpc) is 2.96. The molecule has 0 saturated heterocycles. The Morgan fingerprint density at radius 3 is 2.76 bits per heavy atom. The van der Waals surface area contributed by atoms with Crippen molar-refractivity contribution in [2.24, 2.45) is 0 Å². The van der Waals surface area contributed by atoms with Gasteiger partial charge in [0.15, 0.2) is 0 Å². The minimum Gasteiger partial charge on any atom is -0.493 e. The summed E-state index contributed by atoms with van der Waals surface area (Å²) < 4.78 is 6.89. The Morgan fingerprint density at radius 1 is 1.19 bits per heavy atom. The first kappa shape index (κ1) is 14.9. The molecule has 1 N–H and O–H groups in total. The van der Waals surface area contributed by atoms with Crippen molar-refractivity contribution in [2.75, 3.05) is 13.2 Å². The summed E-state index contributed by atoms with van der Waals surface area (Å²) in [7, 11) is 0. The van der Waals surface area contributed by atoms with E-state index in [0.29, 0.717) is 6.04 Å². The second kappa shape index (κ2) is 6.79. The molecule has 1 unspecified atom stereocenters. The molecule has 3 rings (SSSR count). The Hall–Kier alpha value is -1.07. The van der Waals surface area contributed by atoms with Gasteiger partial charge in [0.2, 0.25) is 0 Å². The summed E-state index contributed by atoms with van der Waals surface area (Å²) in [5, 5.41) is 3.61. The summed E-state index contributed by atoms with van der Waals surface area (Å²) in [6, 6.07) is 15.8. The third-order valence-electron chi connectivity index (χ3n) is 3.92. The summed E-state index contributed by atoms with van der Waals surface area (Å²) in [6.07, 6.45) is 2.05. The monoisotopic (exact) mass is 393 g/mol. The molecule has 2 aromatic rings. The lowest BCUT2D eigenvalue weighted by molar-refractivity contribution is 0.356. The van der Waals surface area contributed by atoms with Crippen LogP contribution in [0.15, 0.2) is 42.5 Å². The fraction of sp³-hybridized carbons (Fsp3) is 0.333. The third-order valence-corrected chi connectivity index (χ3v) is 4.64. The van der Waals surface area contributed by atoms with Crippen molar-refractivity contribution in [1.82, 2.24) is 5.32 Å². The first-order chi connectivity index (χ1) is 10.3. The lowest BCUT2D eigenvalue weighted by atomic mass is 9.96. The van der Waals surface area contributed by atoms with Crippen molar-refractivity contribution in [1.29, 1.82) is 0 Å². The molecule has 110 valence electrons. The molecule has 1 atom stereocenters. The SMILES string of the molecule is CCNC(Cc1ccc(I)cc1)c1ccc2c(c1)CCO2. The van der Waals surface area contributed by atoms with Gasteiger partial charge in [-0.25, -0.2) is 0 Å². The van der Waals surface area contributed by atoms with Crippen LogP contribution in [0.5, 0.6) is 5.75 Å². The van der Waals surface area contributed by atoms with Gasteiger partial charge in [-0.15, -0.1) is 0 Å². The Bertz CT molecular complexity index is 609. The van der Waals surface area contributed by atoms with Crippen LogP contribution in [0.3, 0.4) is 0 Å². The number of fused-ring (bicyclic) bond motifs is 1. The Morgan fingerprint density at radius 2 is 2.00 bits per heavy atom. The van der Waals surface area contributed by atoms with E-state index in [1.165, 1.54) is 20.3 Å². The first-order valence-corrected chi connectivity index (χ1v) is 8.57. The number of ether oxygens (including phenoxy) is 1. The van der Waals surface area contributed by atoms with E-state index in [4.69, 9.17) is 4.74 Å². The molecule has 0 aromatic heterocycles. The molecule has 0 amide bonds. The van der Waals surface area contributed by atoms with E-state index in [1.807, 2.05) is 0 Å². The molecule has 0 bridgehead atoms. The van der Waals surface area contributed by atoms with E-state index >= 15 is 0 Å². The van der Waals surface area contributed by atoms with Gasteiger partial charge in [0, 0.05) is 16.0 Å². The number of halogens is 1. The molecular weight excluding hydrogens is 373 g/mol. The van der Waals surface area contributed by atoms with Gasteiger partial charge in [-0.1, -0.05) is 31.2 Å². The Kier molecular flexibility index (Phi) is 4.80. The van der Waals surface area contributed by atoms with Gasteiger partial charge in [0.25, 0.3) is 0 Å². The zero-order valence-corrected chi connectivity index (χ0v) is 14.4. The van der Waals surface area contributed by atoms with Crippen LogP contribution < -0.4 is 10.1 Å². The molecule has 1 aliphatic rings. The number of likely N-dealkylation sites (N-methyl/N-ethyl adjacent to an activating group) is 1. The van der Waals surface area contributed by atoms with Crippen LogP contribution in [0, 0.1) is 3.57 Å². The minimum atomic E-state index is 0.362. The number of hydrogen-bond acceptors (Lipinski definition) is 2. The number of benzene rings is 2. The molecule has 2 aromatic carbocycles. The average molecular weight is 393 g/mol. The van der Waals surface area contributed by atoms with Gasteiger partial charge in [-0.2, -0.15) is 0 Å². The Balaban J connectivity index is 1.82. The van der Waals surface area contributed by atoms with Crippen LogP contribution in [0.1, 0.15) is 29.7 Å². The predicted octanol–water partition coefficient (Wildman–Crippen LogP) is 4.12. The second-order valence-corrected chi connectivity index (χ2v) is 6.65. The van der Waals surface area contributed by atoms with Crippen LogP contribution in [0.2, 0.25) is 0 Å². The number of rotatable bonds is 5. The van der Waals surface area contributed by atoms with Crippen LogP contribution in [0.4, 0.5) is 0 Å². The van der Waals surface area contributed by atoms with Crippen molar-refractivity contribution < 1.29 is 4.74 Å². The summed E-state index contributed by atoms with van der Waals surface area (Å²) in [5.41, 5.74) is 4.08. The zero-order valence-electron chi connectivity index (χ0n) is 12.2. The highest BCUT2D eigenvalue weighted by Gasteiger charge is 2.16. The summed E-state index contributed by atoms with van der Waals surface area (Å²) >= 11 is 2.35. The third kappa shape index (κ3) is 3.58. The van der Waals surface area contributed by atoms with Gasteiger partial charge >= 0.3 is 0 Å². The van der Waals surface area contributed by atoms with Gasteiger partial charge in [-0.3, -0.25) is 0 Å². The van der Waals surface area contributed by atoms with Crippen LogP contribution in [-0.4, -0.2) is 13.2 Å². The molecule has 1 aliphatic heterocycles. The maximum Gasteiger partial charge on any atom is 0.122 e. The van der Waals surface area contributed by atoms with E-state index in [-0.39, 0.29) is 0 Å². The van der Waals surface area contributed by atoms with Crippen molar-refractivity contribution >= 4 is 22.6 Å². The maximum atomic E-state index is 5.60. The molecule has 21 heavy (non-hydrogen) atoms. The zero-order chi connectivity index (χ0) is 14.7. The molecule has 3 heteroatoms. The van der Waals surface area contributed by atoms with Crippen LogP contribution >= 0.6 is 22.6 Å². The van der Waals surface area contributed by atoms with E-state index < -0.39 is 0 Å². The van der Waals surface area contributed by atoms with Gasteiger partial charge in [0.05, 0.1) is 6.61 Å². The predicted molar refractivity (Wildman–Crippen MR) is 94.9 cm³/mol. The van der Waals surface area contributed by atoms with Crippen LogP contribution in [-0.2, 0) is 12.8 Å². The number of hydrogen-bond donors (Lipinski definition) is 1. The number of nitrogens with one attached hydrogen (secondary N) is 1. The Labute approximate surface area is 140 Å². The minimum absolute atomic E-state index is 0.362. The van der Waals surface area contributed by atoms with E-state index in [0.717, 1.165) is 31.7 Å². The fourth-order valence-electron chi connectivity index (χ4n) is 2.83.